The summed E-state index contributed by atoms with van der Waals surface area (Å²) in [6.45, 7) is 6.01. The third kappa shape index (κ3) is 2.34. The van der Waals surface area contributed by atoms with E-state index >= 15 is 0 Å². The minimum atomic E-state index is -3.80. The van der Waals surface area contributed by atoms with Gasteiger partial charge in [-0.3, -0.25) is 0 Å². The highest BCUT2D eigenvalue weighted by atomic mass is 32.2. The zero-order chi connectivity index (χ0) is 13.6. The van der Waals surface area contributed by atoms with Crippen LogP contribution in [0.15, 0.2) is 29.6 Å². The van der Waals surface area contributed by atoms with E-state index in [1.165, 1.54) is 6.33 Å². The van der Waals surface area contributed by atoms with E-state index < -0.39 is 10.0 Å². The van der Waals surface area contributed by atoms with Crippen LogP contribution in [0.1, 0.15) is 26.3 Å². The number of hydrogen-bond acceptors (Lipinski definition) is 4. The van der Waals surface area contributed by atoms with Gasteiger partial charge in [-0.15, -0.1) is 0 Å². The summed E-state index contributed by atoms with van der Waals surface area (Å²) in [7, 11) is -3.80. The quantitative estimate of drug-likeness (QED) is 0.848. The molecule has 0 saturated heterocycles. The fourth-order valence-electron chi connectivity index (χ4n) is 1.72. The lowest BCUT2D eigenvalue weighted by Gasteiger charge is -2.20. The maximum Gasteiger partial charge on any atom is 0.240 e. The SMILES string of the molecule is CC(C)(C)c1cc(S(N)(=O)=O)c2ncncc2c1. The summed E-state index contributed by atoms with van der Waals surface area (Å²) in [4.78, 5) is 7.96. The van der Waals surface area contributed by atoms with Gasteiger partial charge in [-0.1, -0.05) is 20.8 Å². The number of benzene rings is 1. The molecule has 18 heavy (non-hydrogen) atoms. The van der Waals surface area contributed by atoms with Crippen molar-refractivity contribution in [1.29, 1.82) is 0 Å². The first-order valence-electron chi connectivity index (χ1n) is 5.46. The van der Waals surface area contributed by atoms with Crippen LogP contribution in [-0.2, 0) is 15.4 Å². The van der Waals surface area contributed by atoms with Gasteiger partial charge in [-0.25, -0.2) is 23.5 Å². The summed E-state index contributed by atoms with van der Waals surface area (Å²) >= 11 is 0. The van der Waals surface area contributed by atoms with E-state index in [4.69, 9.17) is 5.14 Å². The monoisotopic (exact) mass is 265 g/mol. The number of primary sulfonamides is 1. The van der Waals surface area contributed by atoms with Crippen LogP contribution >= 0.6 is 0 Å². The summed E-state index contributed by atoms with van der Waals surface area (Å²) in [5.74, 6) is 0. The van der Waals surface area contributed by atoms with Crippen LogP contribution in [0.3, 0.4) is 0 Å². The van der Waals surface area contributed by atoms with Crippen molar-refractivity contribution < 1.29 is 8.42 Å². The lowest BCUT2D eigenvalue weighted by Crippen LogP contribution is -2.17. The molecule has 0 aliphatic heterocycles. The summed E-state index contributed by atoms with van der Waals surface area (Å²) in [6, 6.07) is 3.48. The van der Waals surface area contributed by atoms with Crippen molar-refractivity contribution in [3.63, 3.8) is 0 Å². The number of fused-ring (bicyclic) bond motifs is 1. The summed E-state index contributed by atoms with van der Waals surface area (Å²) in [5, 5.41) is 5.92. The average Bonchev–Trinajstić information content (AvgIpc) is 2.25. The molecule has 1 aromatic heterocycles. The van der Waals surface area contributed by atoms with Crippen LogP contribution in [0.5, 0.6) is 0 Å². The first kappa shape index (κ1) is 12.9. The second-order valence-electron chi connectivity index (χ2n) is 5.23. The normalized spacial score (nSPS) is 12.9. The summed E-state index contributed by atoms with van der Waals surface area (Å²) in [5.41, 5.74) is 1.07. The molecule has 0 atom stereocenters. The molecule has 1 aromatic carbocycles. The van der Waals surface area contributed by atoms with Crippen LogP contribution in [0.4, 0.5) is 0 Å². The molecule has 0 fully saturated rings. The van der Waals surface area contributed by atoms with Crippen molar-refractivity contribution in [3.8, 4) is 0 Å². The van der Waals surface area contributed by atoms with Crippen LogP contribution < -0.4 is 5.14 Å². The highest BCUT2D eigenvalue weighted by molar-refractivity contribution is 7.89. The van der Waals surface area contributed by atoms with Crippen LogP contribution in [0.25, 0.3) is 10.9 Å². The molecule has 0 bridgehead atoms. The van der Waals surface area contributed by atoms with Crippen LogP contribution in [0, 0.1) is 0 Å². The average molecular weight is 265 g/mol. The predicted molar refractivity (Wildman–Crippen MR) is 69.6 cm³/mol. The van der Waals surface area contributed by atoms with E-state index in [-0.39, 0.29) is 10.3 Å². The molecular formula is C12H15N3O2S. The first-order valence-corrected chi connectivity index (χ1v) is 7.01. The third-order valence-corrected chi connectivity index (χ3v) is 3.67. The molecule has 0 spiro atoms. The molecule has 0 aliphatic carbocycles. The van der Waals surface area contributed by atoms with Gasteiger partial charge in [-0.05, 0) is 23.1 Å². The number of nitrogens with zero attached hydrogens (tertiary/aromatic N) is 2. The Morgan fingerprint density at radius 1 is 1.22 bits per heavy atom. The zero-order valence-electron chi connectivity index (χ0n) is 10.5. The highest BCUT2D eigenvalue weighted by Gasteiger charge is 2.20. The molecule has 2 N–H and O–H groups in total. The van der Waals surface area contributed by atoms with Gasteiger partial charge in [0.05, 0.1) is 5.52 Å². The van der Waals surface area contributed by atoms with Crippen molar-refractivity contribution in [2.45, 2.75) is 31.1 Å². The number of nitrogens with two attached hydrogens (primary N) is 1. The Hall–Kier alpha value is -1.53. The Labute approximate surface area is 106 Å². The lowest BCUT2D eigenvalue weighted by atomic mass is 9.86. The van der Waals surface area contributed by atoms with Gasteiger partial charge in [0.25, 0.3) is 0 Å². The molecule has 0 amide bonds. The molecule has 1 heterocycles. The van der Waals surface area contributed by atoms with Crippen LogP contribution in [-0.4, -0.2) is 18.4 Å². The van der Waals surface area contributed by atoms with E-state index in [0.29, 0.717) is 10.9 Å². The first-order chi connectivity index (χ1) is 8.19. The number of rotatable bonds is 1. The maximum absolute atomic E-state index is 11.6. The van der Waals surface area contributed by atoms with Gasteiger partial charge < -0.3 is 0 Å². The molecule has 6 heteroatoms. The van der Waals surface area contributed by atoms with Crippen molar-refractivity contribution in [1.82, 2.24) is 9.97 Å². The molecule has 2 rings (SSSR count). The van der Waals surface area contributed by atoms with E-state index in [2.05, 4.69) is 9.97 Å². The van der Waals surface area contributed by atoms with Crippen molar-refractivity contribution >= 4 is 20.9 Å². The number of sulfonamides is 1. The van der Waals surface area contributed by atoms with Gasteiger partial charge in [0, 0.05) is 11.6 Å². The fourth-order valence-corrected chi connectivity index (χ4v) is 2.45. The van der Waals surface area contributed by atoms with Crippen molar-refractivity contribution in [2.24, 2.45) is 5.14 Å². The van der Waals surface area contributed by atoms with E-state index in [0.717, 1.165) is 5.56 Å². The van der Waals surface area contributed by atoms with Crippen molar-refractivity contribution in [3.05, 3.63) is 30.2 Å². The Balaban J connectivity index is 2.90. The molecule has 0 aliphatic rings. The third-order valence-electron chi connectivity index (χ3n) is 2.74. The Bertz CT molecular complexity index is 703. The van der Waals surface area contributed by atoms with Gasteiger partial charge in [0.1, 0.15) is 11.2 Å². The largest absolute Gasteiger partial charge is 0.244 e. The Morgan fingerprint density at radius 3 is 2.44 bits per heavy atom. The molecule has 0 unspecified atom stereocenters. The van der Waals surface area contributed by atoms with Gasteiger partial charge in [0.2, 0.25) is 10.0 Å². The standard InChI is InChI=1S/C12H15N3O2S/c1-12(2,3)9-4-8-6-14-7-15-11(8)10(5-9)18(13,16)17/h4-7H,1-3H3,(H2,13,16,17). The minimum Gasteiger partial charge on any atom is -0.244 e. The molecule has 96 valence electrons. The van der Waals surface area contributed by atoms with Crippen LogP contribution in [0.2, 0.25) is 0 Å². The zero-order valence-corrected chi connectivity index (χ0v) is 11.3. The number of hydrogen-bond donors (Lipinski definition) is 1. The van der Waals surface area contributed by atoms with Gasteiger partial charge in [-0.2, -0.15) is 0 Å². The number of aromatic nitrogens is 2. The molecule has 0 saturated carbocycles. The van der Waals surface area contributed by atoms with E-state index in [9.17, 15) is 8.42 Å². The summed E-state index contributed by atoms with van der Waals surface area (Å²) < 4.78 is 23.3. The molecular weight excluding hydrogens is 250 g/mol. The maximum atomic E-state index is 11.6. The van der Waals surface area contributed by atoms with Gasteiger partial charge in [0.15, 0.2) is 0 Å². The van der Waals surface area contributed by atoms with Crippen molar-refractivity contribution in [2.75, 3.05) is 0 Å². The lowest BCUT2D eigenvalue weighted by molar-refractivity contribution is 0.585. The Kier molecular flexibility index (Phi) is 2.87. The topological polar surface area (TPSA) is 85.9 Å². The predicted octanol–water partition coefficient (Wildman–Crippen LogP) is 1.57. The van der Waals surface area contributed by atoms with E-state index in [1.54, 1.807) is 12.3 Å². The molecule has 5 nitrogen and oxygen atoms in total. The smallest absolute Gasteiger partial charge is 0.240 e. The molecule has 2 aromatic rings. The van der Waals surface area contributed by atoms with E-state index in [1.807, 2.05) is 26.8 Å². The molecule has 0 radical (unpaired) electrons. The fraction of sp³-hybridized carbons (Fsp3) is 0.333. The second kappa shape index (κ2) is 4.00. The summed E-state index contributed by atoms with van der Waals surface area (Å²) in [6.07, 6.45) is 2.90. The highest BCUT2D eigenvalue weighted by Crippen LogP contribution is 2.29. The Morgan fingerprint density at radius 2 is 1.89 bits per heavy atom. The van der Waals surface area contributed by atoms with Gasteiger partial charge >= 0.3 is 0 Å². The second-order valence-corrected chi connectivity index (χ2v) is 6.76. The minimum absolute atomic E-state index is 0.0484.